The van der Waals surface area contributed by atoms with Crippen molar-refractivity contribution in [3.05, 3.63) is 70.8 Å². The fraction of sp³-hybridized carbons (Fsp3) is 0.235. The van der Waals surface area contributed by atoms with Gasteiger partial charge in [-0.2, -0.15) is 0 Å². The summed E-state index contributed by atoms with van der Waals surface area (Å²) in [6.45, 7) is 1.91. The molecule has 4 rings (SSSR count). The molecule has 1 N–H and O–H groups in total. The van der Waals surface area contributed by atoms with Gasteiger partial charge in [0.1, 0.15) is 0 Å². The largest absolute Gasteiger partial charge is 0.386 e. The van der Waals surface area contributed by atoms with Gasteiger partial charge in [0.2, 0.25) is 0 Å². The van der Waals surface area contributed by atoms with Crippen LogP contribution >= 0.6 is 0 Å². The van der Waals surface area contributed by atoms with Gasteiger partial charge in [0.05, 0.1) is 18.2 Å². The van der Waals surface area contributed by atoms with Crippen LogP contribution in [0.3, 0.4) is 0 Å². The Balaban J connectivity index is 2.01. The van der Waals surface area contributed by atoms with Crippen LogP contribution in [0.2, 0.25) is 0 Å². The number of aliphatic hydroxyl groups excluding tert-OH is 1. The predicted molar refractivity (Wildman–Crippen MR) is 75.3 cm³/mol. The van der Waals surface area contributed by atoms with E-state index in [2.05, 4.69) is 0 Å². The summed E-state index contributed by atoms with van der Waals surface area (Å²) in [5.41, 5.74) is 3.78. The van der Waals surface area contributed by atoms with E-state index in [1.807, 2.05) is 60.4 Å². The van der Waals surface area contributed by atoms with Crippen molar-refractivity contribution in [2.45, 2.75) is 25.1 Å². The molecule has 0 aromatic heterocycles. The average molecular weight is 265 g/mol. The van der Waals surface area contributed by atoms with Crippen molar-refractivity contribution in [3.8, 4) is 0 Å². The molecular formula is C17H15NO2. The van der Waals surface area contributed by atoms with Crippen LogP contribution in [0.25, 0.3) is 0 Å². The number of nitrogens with zero attached hydrogens (tertiary/aromatic N) is 1. The van der Waals surface area contributed by atoms with Crippen LogP contribution in [-0.2, 0) is 0 Å². The van der Waals surface area contributed by atoms with Gasteiger partial charge >= 0.3 is 0 Å². The minimum absolute atomic E-state index is 0.0200. The van der Waals surface area contributed by atoms with Crippen molar-refractivity contribution in [3.63, 3.8) is 0 Å². The fourth-order valence-electron chi connectivity index (χ4n) is 3.52. The Labute approximate surface area is 117 Å². The summed E-state index contributed by atoms with van der Waals surface area (Å²) < 4.78 is 0. The van der Waals surface area contributed by atoms with E-state index in [0.717, 1.165) is 22.3 Å². The molecular weight excluding hydrogens is 250 g/mol. The molecule has 0 radical (unpaired) electrons. The van der Waals surface area contributed by atoms with Gasteiger partial charge in [0, 0.05) is 5.56 Å². The van der Waals surface area contributed by atoms with Gasteiger partial charge in [0.25, 0.3) is 5.91 Å². The molecule has 2 aromatic rings. The minimum atomic E-state index is -0.624. The second-order valence-corrected chi connectivity index (χ2v) is 5.52. The van der Waals surface area contributed by atoms with Gasteiger partial charge in [0.15, 0.2) is 0 Å². The Morgan fingerprint density at radius 1 is 0.950 bits per heavy atom. The molecule has 0 aliphatic carbocycles. The van der Waals surface area contributed by atoms with Crippen molar-refractivity contribution in [2.24, 2.45) is 0 Å². The second kappa shape index (κ2) is 3.93. The molecule has 0 spiro atoms. The van der Waals surface area contributed by atoms with Crippen molar-refractivity contribution < 1.29 is 9.90 Å². The van der Waals surface area contributed by atoms with E-state index in [4.69, 9.17) is 0 Å². The van der Waals surface area contributed by atoms with E-state index in [9.17, 15) is 9.90 Å². The van der Waals surface area contributed by atoms with E-state index >= 15 is 0 Å². The van der Waals surface area contributed by atoms with E-state index in [0.29, 0.717) is 0 Å². The quantitative estimate of drug-likeness (QED) is 0.795. The first-order valence-electron chi connectivity index (χ1n) is 6.88. The average Bonchev–Trinajstić information content (AvgIpc) is 2.79. The van der Waals surface area contributed by atoms with Crippen LogP contribution in [0.4, 0.5) is 0 Å². The highest BCUT2D eigenvalue weighted by atomic mass is 16.3. The summed E-state index contributed by atoms with van der Waals surface area (Å²) in [4.78, 5) is 14.4. The summed E-state index contributed by atoms with van der Waals surface area (Å²) in [5.74, 6) is 0.0200. The molecule has 0 saturated heterocycles. The maximum absolute atomic E-state index is 12.6. The molecule has 3 nitrogen and oxygen atoms in total. The molecule has 3 atom stereocenters. The molecule has 0 fully saturated rings. The Morgan fingerprint density at radius 3 is 2.30 bits per heavy atom. The van der Waals surface area contributed by atoms with E-state index in [1.54, 1.807) is 0 Å². The summed E-state index contributed by atoms with van der Waals surface area (Å²) in [6, 6.07) is 15.3. The molecule has 0 bridgehead atoms. The van der Waals surface area contributed by atoms with Gasteiger partial charge in [-0.1, -0.05) is 42.5 Å². The first-order valence-corrected chi connectivity index (χ1v) is 6.88. The summed E-state index contributed by atoms with van der Waals surface area (Å²) in [5, 5.41) is 10.5. The second-order valence-electron chi connectivity index (χ2n) is 5.52. The van der Waals surface area contributed by atoms with Crippen LogP contribution in [-0.4, -0.2) is 22.0 Å². The number of carbonyl (C=O) groups is 1. The van der Waals surface area contributed by atoms with E-state index in [1.165, 1.54) is 0 Å². The minimum Gasteiger partial charge on any atom is -0.386 e. The Morgan fingerprint density at radius 2 is 1.55 bits per heavy atom. The molecule has 1 amide bonds. The highest BCUT2D eigenvalue weighted by Gasteiger charge is 2.46. The third-order valence-corrected chi connectivity index (χ3v) is 4.50. The van der Waals surface area contributed by atoms with Crippen LogP contribution < -0.4 is 0 Å². The van der Waals surface area contributed by atoms with Gasteiger partial charge < -0.3 is 10.0 Å². The molecule has 2 aliphatic rings. The Kier molecular flexibility index (Phi) is 2.30. The highest BCUT2D eigenvalue weighted by molar-refractivity contribution is 6.00. The Bertz CT molecular complexity index is 710. The summed E-state index contributed by atoms with van der Waals surface area (Å²) in [7, 11) is 0. The van der Waals surface area contributed by atoms with Gasteiger partial charge in [-0.25, -0.2) is 0 Å². The monoisotopic (exact) mass is 265 g/mol. The molecule has 3 unspecified atom stereocenters. The van der Waals surface area contributed by atoms with Crippen LogP contribution in [0.1, 0.15) is 46.1 Å². The lowest BCUT2D eigenvalue weighted by Gasteiger charge is -2.40. The third-order valence-electron chi connectivity index (χ3n) is 4.50. The maximum atomic E-state index is 12.6. The first kappa shape index (κ1) is 11.7. The zero-order valence-electron chi connectivity index (χ0n) is 11.2. The zero-order valence-corrected chi connectivity index (χ0v) is 11.2. The van der Waals surface area contributed by atoms with Crippen molar-refractivity contribution in [2.75, 3.05) is 0 Å². The molecule has 2 aliphatic heterocycles. The lowest BCUT2D eigenvalue weighted by molar-refractivity contribution is 0.0258. The van der Waals surface area contributed by atoms with Crippen LogP contribution in [0.15, 0.2) is 48.5 Å². The van der Waals surface area contributed by atoms with E-state index in [-0.39, 0.29) is 18.0 Å². The first-order chi connectivity index (χ1) is 9.70. The molecule has 100 valence electrons. The van der Waals surface area contributed by atoms with Crippen molar-refractivity contribution >= 4 is 5.91 Å². The zero-order chi connectivity index (χ0) is 13.9. The van der Waals surface area contributed by atoms with Gasteiger partial charge in [-0.15, -0.1) is 0 Å². The number of rotatable bonds is 0. The van der Waals surface area contributed by atoms with Crippen molar-refractivity contribution in [1.82, 2.24) is 4.90 Å². The van der Waals surface area contributed by atoms with Gasteiger partial charge in [-0.05, 0) is 29.7 Å². The smallest absolute Gasteiger partial charge is 0.255 e. The number of aliphatic hydroxyl groups is 1. The molecule has 2 aromatic carbocycles. The predicted octanol–water partition coefficient (Wildman–Crippen LogP) is 2.67. The van der Waals surface area contributed by atoms with Crippen LogP contribution in [0.5, 0.6) is 0 Å². The summed E-state index contributed by atoms with van der Waals surface area (Å²) in [6.07, 6.45) is -0.624. The van der Waals surface area contributed by atoms with Crippen molar-refractivity contribution in [1.29, 1.82) is 0 Å². The molecule has 20 heavy (non-hydrogen) atoms. The molecule has 0 saturated carbocycles. The Hall–Kier alpha value is -2.13. The third kappa shape index (κ3) is 1.30. The lowest BCUT2D eigenvalue weighted by atomic mass is 9.85. The highest BCUT2D eigenvalue weighted by Crippen LogP contribution is 2.47. The number of hydrogen-bond donors (Lipinski definition) is 1. The van der Waals surface area contributed by atoms with Gasteiger partial charge in [-0.3, -0.25) is 4.79 Å². The number of fused-ring (bicyclic) bond motifs is 5. The number of carbonyl (C=O) groups excluding carboxylic acids is 1. The number of benzene rings is 2. The standard InChI is InChI=1S/C17H15NO2/c1-10-16(19)13-8-4-2-6-11(13)15-12-7-3-5-9-14(12)17(20)18(10)15/h2-10,15-16,19H,1H3. The number of amides is 1. The molecule has 3 heteroatoms. The normalized spacial score (nSPS) is 27.0. The lowest BCUT2D eigenvalue weighted by Crippen LogP contribution is -2.44. The topological polar surface area (TPSA) is 40.5 Å². The van der Waals surface area contributed by atoms with E-state index < -0.39 is 6.10 Å². The number of hydrogen-bond acceptors (Lipinski definition) is 2. The molecule has 2 heterocycles. The fourth-order valence-corrected chi connectivity index (χ4v) is 3.52. The SMILES string of the molecule is CC1C(O)c2ccccc2C2c3ccccc3C(=O)N21. The van der Waals surface area contributed by atoms with Crippen LogP contribution in [0, 0.1) is 0 Å². The summed E-state index contributed by atoms with van der Waals surface area (Å²) >= 11 is 0. The maximum Gasteiger partial charge on any atom is 0.255 e.